The fourth-order valence-electron chi connectivity index (χ4n) is 1.59. The minimum absolute atomic E-state index is 0. The van der Waals surface area contributed by atoms with E-state index < -0.39 is 0 Å². The van der Waals surface area contributed by atoms with E-state index in [0.717, 1.165) is 14.5 Å². The number of methoxy groups -OCH3 is 3. The van der Waals surface area contributed by atoms with Crippen LogP contribution >= 0.6 is 44.3 Å². The third-order valence-electron chi connectivity index (χ3n) is 2.35. The van der Waals surface area contributed by atoms with Gasteiger partial charge in [-0.3, -0.25) is 0 Å². The minimum atomic E-state index is 0. The molecule has 0 aromatic heterocycles. The van der Waals surface area contributed by atoms with Crippen molar-refractivity contribution in [1.82, 2.24) is 0 Å². The Hall–Kier alpha value is -0.170. The quantitative estimate of drug-likeness (QED) is 0.818. The third kappa shape index (κ3) is 3.23. The highest BCUT2D eigenvalue weighted by Crippen LogP contribution is 2.50. The Morgan fingerprint density at radius 1 is 0.889 bits per heavy atom. The van der Waals surface area contributed by atoms with E-state index in [-0.39, 0.29) is 12.4 Å². The molecule has 0 atom stereocenters. The van der Waals surface area contributed by atoms with Crippen LogP contribution in [0, 0.1) is 0 Å². The number of nitrogens with two attached hydrogens (primary N) is 1. The van der Waals surface area contributed by atoms with Gasteiger partial charge in [0.1, 0.15) is 0 Å². The number of hydrogen-bond donors (Lipinski definition) is 1. The third-order valence-corrected chi connectivity index (χ3v) is 4.03. The van der Waals surface area contributed by atoms with Crippen LogP contribution in [0.3, 0.4) is 0 Å². The molecule has 7 heteroatoms. The number of ether oxygens (including phenoxy) is 3. The van der Waals surface area contributed by atoms with Crippen molar-refractivity contribution < 1.29 is 14.2 Å². The van der Waals surface area contributed by atoms with E-state index >= 15 is 0 Å². The van der Waals surface area contributed by atoms with Gasteiger partial charge in [0.2, 0.25) is 5.75 Å². The molecule has 0 fully saturated rings. The molecule has 0 aliphatic heterocycles. The van der Waals surface area contributed by atoms with Gasteiger partial charge in [-0.1, -0.05) is 0 Å². The molecule has 0 aliphatic rings. The number of benzene rings is 1. The molecule has 1 aromatic carbocycles. The molecule has 0 heterocycles. The molecule has 0 amide bonds. The summed E-state index contributed by atoms with van der Waals surface area (Å²) in [7, 11) is 4.74. The maximum Gasteiger partial charge on any atom is 0.205 e. The molecule has 0 aliphatic carbocycles. The van der Waals surface area contributed by atoms with Crippen molar-refractivity contribution in [2.45, 2.75) is 6.42 Å². The maximum absolute atomic E-state index is 5.60. The van der Waals surface area contributed by atoms with E-state index in [1.165, 1.54) is 0 Å². The van der Waals surface area contributed by atoms with Gasteiger partial charge in [-0.25, -0.2) is 0 Å². The predicted octanol–water partition coefficient (Wildman–Crippen LogP) is 3.16. The lowest BCUT2D eigenvalue weighted by molar-refractivity contribution is 0.321. The molecule has 0 saturated heterocycles. The number of rotatable bonds is 5. The van der Waals surface area contributed by atoms with Crippen LogP contribution in [0.25, 0.3) is 0 Å². The van der Waals surface area contributed by atoms with Crippen molar-refractivity contribution in [3.8, 4) is 17.2 Å². The summed E-state index contributed by atoms with van der Waals surface area (Å²) >= 11 is 7.00. The SMILES string of the molecule is COc1c(Br)c(CCN)c(Br)c(OC)c1OC.Cl. The standard InChI is InChI=1S/C11H15Br2NO3.ClH/c1-15-9-7(12)6(4-5-14)8(13)10(16-2)11(9)17-3;/h4-5,14H2,1-3H3;1H. The molecule has 1 aromatic rings. The maximum atomic E-state index is 5.60. The van der Waals surface area contributed by atoms with E-state index in [0.29, 0.717) is 30.2 Å². The Balaban J connectivity index is 0.00000289. The van der Waals surface area contributed by atoms with E-state index in [2.05, 4.69) is 31.9 Å². The van der Waals surface area contributed by atoms with Crippen LogP contribution in [0.15, 0.2) is 8.95 Å². The average Bonchev–Trinajstić information content (AvgIpc) is 2.33. The zero-order valence-electron chi connectivity index (χ0n) is 10.4. The van der Waals surface area contributed by atoms with Gasteiger partial charge in [0, 0.05) is 0 Å². The number of halogens is 3. The lowest BCUT2D eigenvalue weighted by atomic mass is 10.1. The summed E-state index contributed by atoms with van der Waals surface area (Å²) in [6.07, 6.45) is 0.706. The fraction of sp³-hybridized carbons (Fsp3) is 0.455. The van der Waals surface area contributed by atoms with E-state index in [4.69, 9.17) is 19.9 Å². The van der Waals surface area contributed by atoms with Gasteiger partial charge >= 0.3 is 0 Å². The molecule has 18 heavy (non-hydrogen) atoms. The lowest BCUT2D eigenvalue weighted by Crippen LogP contribution is -2.07. The Morgan fingerprint density at radius 2 is 1.28 bits per heavy atom. The van der Waals surface area contributed by atoms with Gasteiger partial charge in [0.15, 0.2) is 11.5 Å². The largest absolute Gasteiger partial charge is 0.492 e. The van der Waals surface area contributed by atoms with Crippen LogP contribution in [-0.2, 0) is 6.42 Å². The fourth-order valence-corrected chi connectivity index (χ4v) is 3.33. The minimum Gasteiger partial charge on any atom is -0.492 e. The van der Waals surface area contributed by atoms with Crippen LogP contribution < -0.4 is 19.9 Å². The summed E-state index contributed by atoms with van der Waals surface area (Å²) < 4.78 is 17.6. The van der Waals surface area contributed by atoms with E-state index in [1.807, 2.05) is 0 Å². The molecule has 104 valence electrons. The van der Waals surface area contributed by atoms with Gasteiger partial charge in [-0.05, 0) is 50.4 Å². The normalized spacial score (nSPS) is 9.67. The van der Waals surface area contributed by atoms with Crippen molar-refractivity contribution in [3.63, 3.8) is 0 Å². The Bertz CT molecular complexity index is 385. The first-order valence-corrected chi connectivity index (χ1v) is 6.56. The zero-order chi connectivity index (χ0) is 13.0. The van der Waals surface area contributed by atoms with Crippen molar-refractivity contribution in [1.29, 1.82) is 0 Å². The molecule has 0 radical (unpaired) electrons. The molecular weight excluding hydrogens is 389 g/mol. The molecule has 1 rings (SSSR count). The van der Waals surface area contributed by atoms with Crippen LogP contribution in [0.5, 0.6) is 17.2 Å². The van der Waals surface area contributed by atoms with Crippen LogP contribution in [0.1, 0.15) is 5.56 Å². The van der Waals surface area contributed by atoms with Gasteiger partial charge < -0.3 is 19.9 Å². The zero-order valence-corrected chi connectivity index (χ0v) is 14.4. The van der Waals surface area contributed by atoms with Crippen LogP contribution in [-0.4, -0.2) is 27.9 Å². The predicted molar refractivity (Wildman–Crippen MR) is 81.5 cm³/mol. The summed E-state index contributed by atoms with van der Waals surface area (Å²) in [5.74, 6) is 1.77. The summed E-state index contributed by atoms with van der Waals surface area (Å²) in [4.78, 5) is 0. The summed E-state index contributed by atoms with van der Waals surface area (Å²) in [6, 6.07) is 0. The molecule has 0 saturated carbocycles. The Labute approximate surface area is 130 Å². The Kier molecular flexibility index (Phi) is 8.02. The summed E-state index contributed by atoms with van der Waals surface area (Å²) in [6.45, 7) is 0.538. The van der Waals surface area contributed by atoms with Crippen LogP contribution in [0.2, 0.25) is 0 Å². The Morgan fingerprint density at radius 3 is 1.56 bits per heavy atom. The van der Waals surface area contributed by atoms with Crippen molar-refractivity contribution in [2.75, 3.05) is 27.9 Å². The molecule has 2 N–H and O–H groups in total. The first kappa shape index (κ1) is 17.8. The average molecular weight is 406 g/mol. The summed E-state index contributed by atoms with van der Waals surface area (Å²) in [5.41, 5.74) is 6.60. The number of hydrogen-bond acceptors (Lipinski definition) is 4. The van der Waals surface area contributed by atoms with Crippen LogP contribution in [0.4, 0.5) is 0 Å². The monoisotopic (exact) mass is 403 g/mol. The molecule has 0 unspecified atom stereocenters. The molecule has 0 spiro atoms. The van der Waals surface area contributed by atoms with E-state index in [1.54, 1.807) is 21.3 Å². The van der Waals surface area contributed by atoms with Gasteiger partial charge in [-0.2, -0.15) is 0 Å². The smallest absolute Gasteiger partial charge is 0.205 e. The molecular formula is C11H16Br2ClNO3. The van der Waals surface area contributed by atoms with Crippen molar-refractivity contribution >= 4 is 44.3 Å². The summed E-state index contributed by atoms with van der Waals surface area (Å²) in [5, 5.41) is 0. The van der Waals surface area contributed by atoms with Gasteiger partial charge in [0.25, 0.3) is 0 Å². The van der Waals surface area contributed by atoms with Crippen molar-refractivity contribution in [2.24, 2.45) is 5.73 Å². The molecule has 0 bridgehead atoms. The lowest BCUT2D eigenvalue weighted by Gasteiger charge is -2.18. The van der Waals surface area contributed by atoms with Gasteiger partial charge in [0.05, 0.1) is 30.3 Å². The first-order valence-electron chi connectivity index (χ1n) is 4.98. The van der Waals surface area contributed by atoms with Gasteiger partial charge in [-0.15, -0.1) is 12.4 Å². The highest BCUT2D eigenvalue weighted by Gasteiger charge is 2.23. The highest BCUT2D eigenvalue weighted by molar-refractivity contribution is 9.11. The second kappa shape index (κ2) is 8.09. The second-order valence-electron chi connectivity index (χ2n) is 3.24. The topological polar surface area (TPSA) is 53.7 Å². The van der Waals surface area contributed by atoms with Crippen molar-refractivity contribution in [3.05, 3.63) is 14.5 Å². The second-order valence-corrected chi connectivity index (χ2v) is 4.83. The highest BCUT2D eigenvalue weighted by atomic mass is 79.9. The van der Waals surface area contributed by atoms with E-state index in [9.17, 15) is 0 Å². The molecule has 4 nitrogen and oxygen atoms in total. The first-order chi connectivity index (χ1) is 8.12.